The van der Waals surface area contributed by atoms with Crippen LogP contribution in [-0.2, 0) is 0 Å². The summed E-state index contributed by atoms with van der Waals surface area (Å²) >= 11 is 0. The van der Waals surface area contributed by atoms with E-state index in [0.29, 0.717) is 12.1 Å². The van der Waals surface area contributed by atoms with Gasteiger partial charge in [0.25, 0.3) is 0 Å². The van der Waals surface area contributed by atoms with Crippen molar-refractivity contribution in [3.8, 4) is 0 Å². The number of nitrogens with zero attached hydrogens (tertiary/aromatic N) is 2. The van der Waals surface area contributed by atoms with Crippen molar-refractivity contribution in [3.63, 3.8) is 0 Å². The first-order valence-corrected chi connectivity index (χ1v) is 6.68. The van der Waals surface area contributed by atoms with E-state index in [4.69, 9.17) is 0 Å². The van der Waals surface area contributed by atoms with E-state index in [1.165, 1.54) is 12.8 Å². The SMILES string of the molecule is CCN(C(C)CNC1CC1)C(C)CN(C)C. The van der Waals surface area contributed by atoms with E-state index in [1.54, 1.807) is 0 Å². The third-order valence-electron chi connectivity index (χ3n) is 3.41. The maximum Gasteiger partial charge on any atom is 0.0197 e. The van der Waals surface area contributed by atoms with E-state index in [9.17, 15) is 0 Å². The highest BCUT2D eigenvalue weighted by atomic mass is 15.2. The topological polar surface area (TPSA) is 18.5 Å². The largest absolute Gasteiger partial charge is 0.312 e. The van der Waals surface area contributed by atoms with Crippen LogP contribution in [0.5, 0.6) is 0 Å². The van der Waals surface area contributed by atoms with Gasteiger partial charge in [-0.1, -0.05) is 6.92 Å². The molecule has 1 fully saturated rings. The average Bonchev–Trinajstić information content (AvgIpc) is 2.97. The molecule has 16 heavy (non-hydrogen) atoms. The molecule has 96 valence electrons. The fourth-order valence-electron chi connectivity index (χ4n) is 2.43. The van der Waals surface area contributed by atoms with Crippen LogP contribution in [0, 0.1) is 0 Å². The smallest absolute Gasteiger partial charge is 0.0197 e. The van der Waals surface area contributed by atoms with E-state index >= 15 is 0 Å². The third-order valence-corrected chi connectivity index (χ3v) is 3.41. The van der Waals surface area contributed by atoms with E-state index in [-0.39, 0.29) is 0 Å². The Balaban J connectivity index is 2.31. The first-order valence-electron chi connectivity index (χ1n) is 6.68. The van der Waals surface area contributed by atoms with Crippen molar-refractivity contribution < 1.29 is 0 Å². The molecule has 3 nitrogen and oxygen atoms in total. The summed E-state index contributed by atoms with van der Waals surface area (Å²) in [6.07, 6.45) is 2.76. The second-order valence-electron chi connectivity index (χ2n) is 5.47. The summed E-state index contributed by atoms with van der Waals surface area (Å²) in [6.45, 7) is 10.3. The molecule has 0 radical (unpaired) electrons. The molecule has 3 heteroatoms. The van der Waals surface area contributed by atoms with E-state index in [1.807, 2.05) is 0 Å². The summed E-state index contributed by atoms with van der Waals surface area (Å²) in [4.78, 5) is 4.86. The summed E-state index contributed by atoms with van der Waals surface area (Å²) in [5.41, 5.74) is 0. The van der Waals surface area contributed by atoms with Gasteiger partial charge in [0, 0.05) is 31.2 Å². The van der Waals surface area contributed by atoms with Gasteiger partial charge in [-0.25, -0.2) is 0 Å². The molecule has 1 aliphatic carbocycles. The summed E-state index contributed by atoms with van der Waals surface area (Å²) in [7, 11) is 4.30. The predicted molar refractivity (Wildman–Crippen MR) is 70.9 cm³/mol. The van der Waals surface area contributed by atoms with Crippen LogP contribution in [0.4, 0.5) is 0 Å². The Morgan fingerprint density at radius 2 is 1.81 bits per heavy atom. The molecular weight excluding hydrogens is 198 g/mol. The Kier molecular flexibility index (Phi) is 5.73. The fraction of sp³-hybridized carbons (Fsp3) is 1.00. The third kappa shape index (κ3) is 4.81. The van der Waals surface area contributed by atoms with E-state index in [2.05, 4.69) is 50.0 Å². The predicted octanol–water partition coefficient (Wildman–Crippen LogP) is 1.40. The summed E-state index contributed by atoms with van der Waals surface area (Å²) < 4.78 is 0. The maximum atomic E-state index is 3.62. The lowest BCUT2D eigenvalue weighted by atomic mass is 10.2. The Bertz CT molecular complexity index is 190. The van der Waals surface area contributed by atoms with Gasteiger partial charge in [-0.3, -0.25) is 4.90 Å². The van der Waals surface area contributed by atoms with Gasteiger partial charge in [0.05, 0.1) is 0 Å². The molecule has 0 spiro atoms. The number of rotatable bonds is 8. The molecule has 1 aliphatic rings. The van der Waals surface area contributed by atoms with Crippen LogP contribution in [0.25, 0.3) is 0 Å². The Hall–Kier alpha value is -0.120. The highest BCUT2D eigenvalue weighted by Gasteiger charge is 2.24. The van der Waals surface area contributed by atoms with Crippen molar-refractivity contribution in [1.82, 2.24) is 15.1 Å². The molecule has 0 aromatic rings. The first-order chi connectivity index (χ1) is 7.54. The van der Waals surface area contributed by atoms with Gasteiger partial charge in [-0.2, -0.15) is 0 Å². The van der Waals surface area contributed by atoms with E-state index in [0.717, 1.165) is 25.7 Å². The molecule has 1 N–H and O–H groups in total. The standard InChI is InChI=1S/C13H29N3/c1-6-16(12(3)10-15(4)5)11(2)9-14-13-7-8-13/h11-14H,6-10H2,1-5H3. The van der Waals surface area contributed by atoms with Crippen LogP contribution in [0.1, 0.15) is 33.6 Å². The molecule has 0 heterocycles. The van der Waals surface area contributed by atoms with Crippen LogP contribution in [0.15, 0.2) is 0 Å². The van der Waals surface area contributed by atoms with Gasteiger partial charge < -0.3 is 10.2 Å². The van der Waals surface area contributed by atoms with Gasteiger partial charge in [-0.15, -0.1) is 0 Å². The Labute approximate surface area is 101 Å². The quantitative estimate of drug-likeness (QED) is 0.676. The fourth-order valence-corrected chi connectivity index (χ4v) is 2.43. The van der Waals surface area contributed by atoms with Gasteiger partial charge in [0.15, 0.2) is 0 Å². The molecule has 1 rings (SSSR count). The lowest BCUT2D eigenvalue weighted by Crippen LogP contribution is -2.48. The second kappa shape index (κ2) is 6.58. The van der Waals surface area contributed by atoms with Crippen molar-refractivity contribution >= 4 is 0 Å². The minimum absolute atomic E-state index is 0.635. The van der Waals surface area contributed by atoms with Crippen LogP contribution < -0.4 is 5.32 Å². The number of hydrogen-bond acceptors (Lipinski definition) is 3. The molecule has 0 aliphatic heterocycles. The highest BCUT2D eigenvalue weighted by molar-refractivity contribution is 4.84. The van der Waals surface area contributed by atoms with Gasteiger partial charge in [-0.05, 0) is 47.3 Å². The van der Waals surface area contributed by atoms with Crippen molar-refractivity contribution in [2.24, 2.45) is 0 Å². The van der Waals surface area contributed by atoms with E-state index < -0.39 is 0 Å². The van der Waals surface area contributed by atoms with Crippen LogP contribution in [0.3, 0.4) is 0 Å². The van der Waals surface area contributed by atoms with Crippen molar-refractivity contribution in [3.05, 3.63) is 0 Å². The maximum absolute atomic E-state index is 3.62. The number of likely N-dealkylation sites (N-methyl/N-ethyl adjacent to an activating group) is 2. The first kappa shape index (κ1) is 13.9. The van der Waals surface area contributed by atoms with Crippen LogP contribution >= 0.6 is 0 Å². The molecule has 0 saturated heterocycles. The van der Waals surface area contributed by atoms with Crippen molar-refractivity contribution in [1.29, 1.82) is 0 Å². The number of hydrogen-bond donors (Lipinski definition) is 1. The lowest BCUT2D eigenvalue weighted by molar-refractivity contribution is 0.134. The average molecular weight is 227 g/mol. The summed E-state index contributed by atoms with van der Waals surface area (Å²) in [5, 5.41) is 3.62. The second-order valence-corrected chi connectivity index (χ2v) is 5.47. The van der Waals surface area contributed by atoms with Crippen molar-refractivity contribution in [2.45, 2.75) is 51.7 Å². The Morgan fingerprint density at radius 1 is 1.19 bits per heavy atom. The molecular formula is C13H29N3. The molecule has 0 aromatic heterocycles. The van der Waals surface area contributed by atoms with Gasteiger partial charge in [0.1, 0.15) is 0 Å². The molecule has 0 aromatic carbocycles. The lowest BCUT2D eigenvalue weighted by Gasteiger charge is -2.35. The molecule has 0 amide bonds. The zero-order chi connectivity index (χ0) is 12.1. The number of nitrogens with one attached hydrogen (secondary N) is 1. The van der Waals surface area contributed by atoms with Gasteiger partial charge in [0.2, 0.25) is 0 Å². The zero-order valence-electron chi connectivity index (χ0n) is 11.7. The minimum Gasteiger partial charge on any atom is -0.312 e. The normalized spacial score (nSPS) is 20.4. The van der Waals surface area contributed by atoms with Crippen LogP contribution in [-0.4, -0.2) is 61.7 Å². The molecule has 2 unspecified atom stereocenters. The van der Waals surface area contributed by atoms with Crippen LogP contribution in [0.2, 0.25) is 0 Å². The Morgan fingerprint density at radius 3 is 2.25 bits per heavy atom. The molecule has 2 atom stereocenters. The minimum atomic E-state index is 0.635. The van der Waals surface area contributed by atoms with Crippen molar-refractivity contribution in [2.75, 3.05) is 33.7 Å². The zero-order valence-corrected chi connectivity index (χ0v) is 11.7. The monoisotopic (exact) mass is 227 g/mol. The van der Waals surface area contributed by atoms with Gasteiger partial charge >= 0.3 is 0 Å². The highest BCUT2D eigenvalue weighted by Crippen LogP contribution is 2.18. The molecule has 1 saturated carbocycles. The molecule has 0 bridgehead atoms. The summed E-state index contributed by atoms with van der Waals surface area (Å²) in [5.74, 6) is 0. The summed E-state index contributed by atoms with van der Waals surface area (Å²) in [6, 6.07) is 2.10.